The van der Waals surface area contributed by atoms with Crippen LogP contribution in [0, 0.1) is 12.8 Å². The third-order valence-electron chi connectivity index (χ3n) is 5.47. The quantitative estimate of drug-likeness (QED) is 0.644. The Hall–Kier alpha value is -2.08. The van der Waals surface area contributed by atoms with E-state index in [9.17, 15) is 9.59 Å². The molecule has 1 heterocycles. The van der Waals surface area contributed by atoms with Gasteiger partial charge in [-0.05, 0) is 82.3 Å². The van der Waals surface area contributed by atoms with E-state index in [1.165, 1.54) is 25.9 Å². The average molecular weight is 373 g/mol. The van der Waals surface area contributed by atoms with Crippen molar-refractivity contribution in [1.82, 2.24) is 15.5 Å². The molecule has 1 saturated carbocycles. The summed E-state index contributed by atoms with van der Waals surface area (Å²) in [6.07, 6.45) is 5.61. The monoisotopic (exact) mass is 372 g/mol. The highest BCUT2D eigenvalue weighted by Gasteiger charge is 2.24. The van der Waals surface area contributed by atoms with Gasteiger partial charge in [0.1, 0.15) is 0 Å². The number of likely N-dealkylation sites (tertiary alicyclic amines) is 1. The number of urea groups is 1. The number of benzene rings is 1. The maximum atomic E-state index is 12.2. The smallest absolute Gasteiger partial charge is 0.319 e. The Kier molecular flexibility index (Phi) is 6.72. The summed E-state index contributed by atoms with van der Waals surface area (Å²) in [5.41, 5.74) is 2.21. The third kappa shape index (κ3) is 6.24. The van der Waals surface area contributed by atoms with Crippen LogP contribution in [-0.2, 0) is 0 Å². The van der Waals surface area contributed by atoms with E-state index in [0.29, 0.717) is 23.8 Å². The first-order valence-electron chi connectivity index (χ1n) is 10.2. The summed E-state index contributed by atoms with van der Waals surface area (Å²) in [5, 5.41) is 8.77. The molecule has 1 saturated heterocycles. The van der Waals surface area contributed by atoms with Crippen LogP contribution in [0.2, 0.25) is 0 Å². The van der Waals surface area contributed by atoms with E-state index in [-0.39, 0.29) is 11.9 Å². The summed E-state index contributed by atoms with van der Waals surface area (Å²) in [5.74, 6) is 0.771. The molecular formula is C21H32N4O2. The fourth-order valence-electron chi connectivity index (χ4n) is 3.35. The van der Waals surface area contributed by atoms with Crippen molar-refractivity contribution in [1.29, 1.82) is 0 Å². The molecule has 0 atom stereocenters. The number of amides is 3. The second-order valence-corrected chi connectivity index (χ2v) is 8.04. The summed E-state index contributed by atoms with van der Waals surface area (Å²) >= 11 is 0. The molecule has 1 aromatic carbocycles. The van der Waals surface area contributed by atoms with Gasteiger partial charge in [0.15, 0.2) is 0 Å². The van der Waals surface area contributed by atoms with Crippen LogP contribution in [0.1, 0.15) is 54.9 Å². The first kappa shape index (κ1) is 19.7. The molecule has 2 aliphatic rings. The van der Waals surface area contributed by atoms with Crippen LogP contribution in [0.5, 0.6) is 0 Å². The second-order valence-electron chi connectivity index (χ2n) is 8.04. The van der Waals surface area contributed by atoms with Crippen molar-refractivity contribution >= 4 is 17.6 Å². The van der Waals surface area contributed by atoms with Crippen LogP contribution < -0.4 is 16.0 Å². The molecule has 3 N–H and O–H groups in total. The largest absolute Gasteiger partial charge is 0.349 e. The molecule has 1 aromatic rings. The van der Waals surface area contributed by atoms with E-state index >= 15 is 0 Å². The Bertz CT molecular complexity index is 664. The predicted octanol–water partition coefficient (Wildman–Crippen LogP) is 3.13. The number of nitrogens with one attached hydrogen (secondary N) is 3. The van der Waals surface area contributed by atoms with Crippen LogP contribution in [-0.4, -0.2) is 49.1 Å². The van der Waals surface area contributed by atoms with Crippen molar-refractivity contribution in [3.8, 4) is 0 Å². The number of carbonyl (C=O) groups excluding carboxylic acids is 2. The number of piperidine rings is 1. The van der Waals surface area contributed by atoms with E-state index in [2.05, 4.69) is 27.8 Å². The Morgan fingerprint density at radius 2 is 1.89 bits per heavy atom. The molecule has 0 unspecified atom stereocenters. The minimum Gasteiger partial charge on any atom is -0.349 e. The number of hydrogen-bond donors (Lipinski definition) is 3. The number of rotatable bonds is 7. The molecule has 3 amide bonds. The SMILES string of the molecule is Cc1ccc(C(=O)NC2CC2)cc1NC(=O)NCCCN1CCC(C)CC1. The zero-order valence-corrected chi connectivity index (χ0v) is 16.5. The number of carbonyl (C=O) groups is 2. The number of anilines is 1. The number of aryl methyl sites for hydroxylation is 1. The van der Waals surface area contributed by atoms with Gasteiger partial charge in [-0.3, -0.25) is 4.79 Å². The maximum absolute atomic E-state index is 12.2. The molecule has 3 rings (SSSR count). The minimum atomic E-state index is -0.217. The lowest BCUT2D eigenvalue weighted by atomic mass is 9.99. The van der Waals surface area contributed by atoms with Crippen molar-refractivity contribution in [2.45, 2.75) is 52.0 Å². The molecule has 6 heteroatoms. The third-order valence-corrected chi connectivity index (χ3v) is 5.47. The van der Waals surface area contributed by atoms with Gasteiger partial charge in [-0.1, -0.05) is 13.0 Å². The Morgan fingerprint density at radius 1 is 1.15 bits per heavy atom. The lowest BCUT2D eigenvalue weighted by Gasteiger charge is -2.30. The Balaban J connectivity index is 1.41. The summed E-state index contributed by atoms with van der Waals surface area (Å²) in [4.78, 5) is 26.9. The molecule has 1 aliphatic heterocycles. The van der Waals surface area contributed by atoms with Crippen LogP contribution in [0.15, 0.2) is 18.2 Å². The molecular weight excluding hydrogens is 340 g/mol. The van der Waals surface area contributed by atoms with Crippen LogP contribution in [0.25, 0.3) is 0 Å². The van der Waals surface area contributed by atoms with Gasteiger partial charge in [-0.15, -0.1) is 0 Å². The molecule has 0 aromatic heterocycles. The van der Waals surface area contributed by atoms with Crippen molar-refractivity contribution in [2.24, 2.45) is 5.92 Å². The van der Waals surface area contributed by atoms with E-state index in [1.807, 2.05) is 13.0 Å². The molecule has 27 heavy (non-hydrogen) atoms. The topological polar surface area (TPSA) is 73.5 Å². The Morgan fingerprint density at radius 3 is 2.59 bits per heavy atom. The first-order chi connectivity index (χ1) is 13.0. The number of hydrogen-bond acceptors (Lipinski definition) is 3. The van der Waals surface area contributed by atoms with Gasteiger partial charge in [0.25, 0.3) is 5.91 Å². The first-order valence-corrected chi connectivity index (χ1v) is 10.2. The number of nitrogens with zero attached hydrogens (tertiary/aromatic N) is 1. The molecule has 0 bridgehead atoms. The van der Waals surface area contributed by atoms with Crippen molar-refractivity contribution in [2.75, 3.05) is 31.5 Å². The second kappa shape index (κ2) is 9.22. The van der Waals surface area contributed by atoms with E-state index in [1.54, 1.807) is 12.1 Å². The van der Waals surface area contributed by atoms with Crippen molar-refractivity contribution < 1.29 is 9.59 Å². The standard InChI is InChI=1S/C21H32N4O2/c1-15-8-12-25(13-9-15)11-3-10-22-21(27)24-19-14-17(5-4-16(19)2)20(26)23-18-6-7-18/h4-5,14-15,18H,3,6-13H2,1-2H3,(H,23,26)(H2,22,24,27). The van der Waals surface area contributed by atoms with Gasteiger partial charge in [0.2, 0.25) is 0 Å². The van der Waals surface area contributed by atoms with Gasteiger partial charge in [-0.25, -0.2) is 4.79 Å². The molecule has 0 spiro atoms. The minimum absolute atomic E-state index is 0.0724. The summed E-state index contributed by atoms with van der Waals surface area (Å²) in [6.45, 7) is 8.26. The molecule has 148 valence electrons. The van der Waals surface area contributed by atoms with E-state index in [0.717, 1.165) is 37.3 Å². The zero-order valence-electron chi connectivity index (χ0n) is 16.5. The summed E-state index contributed by atoms with van der Waals surface area (Å²) in [6, 6.07) is 5.53. The van der Waals surface area contributed by atoms with Gasteiger partial charge in [-0.2, -0.15) is 0 Å². The highest BCUT2D eigenvalue weighted by Crippen LogP contribution is 2.21. The lowest BCUT2D eigenvalue weighted by molar-refractivity contribution is 0.0951. The lowest BCUT2D eigenvalue weighted by Crippen LogP contribution is -2.36. The van der Waals surface area contributed by atoms with Gasteiger partial charge < -0.3 is 20.9 Å². The van der Waals surface area contributed by atoms with Crippen molar-refractivity contribution in [3.63, 3.8) is 0 Å². The zero-order chi connectivity index (χ0) is 19.2. The predicted molar refractivity (Wildman–Crippen MR) is 108 cm³/mol. The molecule has 1 aliphatic carbocycles. The fraction of sp³-hybridized carbons (Fsp3) is 0.619. The van der Waals surface area contributed by atoms with Crippen LogP contribution in [0.3, 0.4) is 0 Å². The highest BCUT2D eigenvalue weighted by atomic mass is 16.2. The van der Waals surface area contributed by atoms with Gasteiger partial charge in [0, 0.05) is 23.8 Å². The highest BCUT2D eigenvalue weighted by molar-refractivity contribution is 5.97. The molecule has 2 fully saturated rings. The molecule has 0 radical (unpaired) electrons. The maximum Gasteiger partial charge on any atom is 0.319 e. The van der Waals surface area contributed by atoms with Gasteiger partial charge >= 0.3 is 6.03 Å². The van der Waals surface area contributed by atoms with E-state index in [4.69, 9.17) is 0 Å². The average Bonchev–Trinajstić information content (AvgIpc) is 3.46. The fourth-order valence-corrected chi connectivity index (χ4v) is 3.35. The van der Waals surface area contributed by atoms with Crippen LogP contribution in [0.4, 0.5) is 10.5 Å². The summed E-state index contributed by atoms with van der Waals surface area (Å²) in [7, 11) is 0. The van der Waals surface area contributed by atoms with E-state index < -0.39 is 0 Å². The summed E-state index contributed by atoms with van der Waals surface area (Å²) < 4.78 is 0. The van der Waals surface area contributed by atoms with Crippen LogP contribution >= 0.6 is 0 Å². The normalized spacial score (nSPS) is 18.1. The van der Waals surface area contributed by atoms with Gasteiger partial charge in [0.05, 0.1) is 0 Å². The molecule has 6 nitrogen and oxygen atoms in total. The Labute approximate surface area is 162 Å². The van der Waals surface area contributed by atoms with Crippen molar-refractivity contribution in [3.05, 3.63) is 29.3 Å².